The first kappa shape index (κ1) is 20.2. The molecule has 0 fully saturated rings. The van der Waals surface area contributed by atoms with Gasteiger partial charge in [0, 0.05) is 11.3 Å². The van der Waals surface area contributed by atoms with Gasteiger partial charge in [0.2, 0.25) is 0 Å². The van der Waals surface area contributed by atoms with Crippen LogP contribution in [0.15, 0.2) is 36.4 Å². The van der Waals surface area contributed by atoms with Crippen molar-refractivity contribution in [2.45, 2.75) is 27.7 Å². The van der Waals surface area contributed by atoms with Gasteiger partial charge in [0.15, 0.2) is 19.0 Å². The summed E-state index contributed by atoms with van der Waals surface area (Å²) in [4.78, 5) is 34.9. The minimum atomic E-state index is -0.628. The Morgan fingerprint density at radius 2 is 1.52 bits per heavy atom. The van der Waals surface area contributed by atoms with Crippen LogP contribution in [0.5, 0.6) is 5.75 Å². The van der Waals surface area contributed by atoms with E-state index in [0.29, 0.717) is 17.0 Å². The lowest BCUT2D eigenvalue weighted by Gasteiger charge is -2.13. The van der Waals surface area contributed by atoms with Crippen LogP contribution in [-0.4, -0.2) is 30.9 Å². The normalized spacial score (nSPS) is 10.2. The molecule has 0 saturated carbocycles. The van der Waals surface area contributed by atoms with Crippen LogP contribution in [0.4, 0.5) is 5.69 Å². The number of ketones is 1. The average molecular weight is 369 g/mol. The third-order valence-electron chi connectivity index (χ3n) is 3.88. The topological polar surface area (TPSA) is 81.7 Å². The number of anilines is 1. The summed E-state index contributed by atoms with van der Waals surface area (Å²) in [5.41, 5.74) is 4.06. The maximum atomic E-state index is 11.9. The van der Waals surface area contributed by atoms with Gasteiger partial charge in [-0.2, -0.15) is 0 Å². The smallest absolute Gasteiger partial charge is 0.344 e. The Balaban J connectivity index is 1.80. The zero-order valence-corrected chi connectivity index (χ0v) is 15.9. The van der Waals surface area contributed by atoms with Gasteiger partial charge in [0.1, 0.15) is 5.75 Å². The van der Waals surface area contributed by atoms with Crippen LogP contribution in [0.3, 0.4) is 0 Å². The molecule has 1 N–H and O–H groups in total. The van der Waals surface area contributed by atoms with Crippen LogP contribution in [-0.2, 0) is 14.3 Å². The molecule has 6 nitrogen and oxygen atoms in total. The van der Waals surface area contributed by atoms with E-state index in [1.807, 2.05) is 32.9 Å². The Kier molecular flexibility index (Phi) is 6.71. The second kappa shape index (κ2) is 8.98. The number of Topliss-reactive ketones (excluding diaryl/α,β-unsaturated/α-hetero) is 1. The molecule has 2 aromatic rings. The van der Waals surface area contributed by atoms with E-state index in [2.05, 4.69) is 5.32 Å². The second-order valence-corrected chi connectivity index (χ2v) is 6.36. The summed E-state index contributed by atoms with van der Waals surface area (Å²) in [6, 6.07) is 10.4. The first-order valence-corrected chi connectivity index (χ1v) is 8.53. The van der Waals surface area contributed by atoms with E-state index in [4.69, 9.17) is 9.47 Å². The largest absolute Gasteiger partial charge is 0.481 e. The van der Waals surface area contributed by atoms with Gasteiger partial charge in [-0.15, -0.1) is 0 Å². The molecule has 1 amide bonds. The van der Waals surface area contributed by atoms with Gasteiger partial charge in [-0.3, -0.25) is 9.59 Å². The molecule has 2 aromatic carbocycles. The van der Waals surface area contributed by atoms with Crippen molar-refractivity contribution in [3.63, 3.8) is 0 Å². The number of benzene rings is 2. The van der Waals surface area contributed by atoms with Gasteiger partial charge in [0.25, 0.3) is 5.91 Å². The summed E-state index contributed by atoms with van der Waals surface area (Å²) in [5, 5.41) is 2.59. The van der Waals surface area contributed by atoms with Gasteiger partial charge in [-0.1, -0.05) is 17.7 Å². The summed E-state index contributed by atoms with van der Waals surface area (Å²) in [6.45, 7) is 6.59. The van der Waals surface area contributed by atoms with Crippen molar-refractivity contribution < 1.29 is 23.9 Å². The first-order chi connectivity index (χ1) is 12.8. The lowest BCUT2D eigenvalue weighted by molar-refractivity contribution is -0.149. The summed E-state index contributed by atoms with van der Waals surface area (Å²) in [7, 11) is 0. The van der Waals surface area contributed by atoms with Gasteiger partial charge in [-0.05, 0) is 63.1 Å². The summed E-state index contributed by atoms with van der Waals surface area (Å²) in [6.07, 6.45) is 0. The number of amides is 1. The summed E-state index contributed by atoms with van der Waals surface area (Å²) >= 11 is 0. The maximum absolute atomic E-state index is 11.9. The summed E-state index contributed by atoms with van der Waals surface area (Å²) in [5.74, 6) is -0.508. The molecule has 0 saturated heterocycles. The van der Waals surface area contributed by atoms with E-state index in [1.54, 1.807) is 24.3 Å². The molecule has 0 spiro atoms. The first-order valence-electron chi connectivity index (χ1n) is 8.53. The standard InChI is InChI=1S/C21H23NO5/c1-13-9-14(2)21(15(3)10-13)27-12-20(25)26-11-19(24)22-18-7-5-17(6-8-18)16(4)23/h5-10H,11-12H2,1-4H3,(H,22,24). The monoisotopic (exact) mass is 369 g/mol. The van der Waals surface area contributed by atoms with E-state index in [9.17, 15) is 14.4 Å². The number of aryl methyl sites for hydroxylation is 3. The Morgan fingerprint density at radius 1 is 0.926 bits per heavy atom. The van der Waals surface area contributed by atoms with E-state index >= 15 is 0 Å². The predicted molar refractivity (Wildman–Crippen MR) is 102 cm³/mol. The van der Waals surface area contributed by atoms with E-state index in [-0.39, 0.29) is 12.4 Å². The van der Waals surface area contributed by atoms with Gasteiger partial charge < -0.3 is 14.8 Å². The fourth-order valence-electron chi connectivity index (χ4n) is 2.70. The lowest BCUT2D eigenvalue weighted by atomic mass is 10.1. The molecule has 0 aliphatic rings. The zero-order valence-electron chi connectivity index (χ0n) is 15.9. The fraction of sp³-hybridized carbons (Fsp3) is 0.286. The molecule has 6 heteroatoms. The third-order valence-corrected chi connectivity index (χ3v) is 3.88. The summed E-state index contributed by atoms with van der Waals surface area (Å²) < 4.78 is 10.5. The number of rotatable bonds is 7. The molecule has 27 heavy (non-hydrogen) atoms. The molecule has 0 heterocycles. The Labute approximate surface area is 158 Å². The highest BCUT2D eigenvalue weighted by Crippen LogP contribution is 2.24. The molecule has 0 unspecified atom stereocenters. The Morgan fingerprint density at radius 3 is 2.07 bits per heavy atom. The van der Waals surface area contributed by atoms with Gasteiger partial charge >= 0.3 is 5.97 Å². The number of ether oxygens (including phenoxy) is 2. The van der Waals surface area contributed by atoms with Crippen molar-refractivity contribution in [2.24, 2.45) is 0 Å². The molecular weight excluding hydrogens is 346 g/mol. The number of hydrogen-bond acceptors (Lipinski definition) is 5. The minimum absolute atomic E-state index is 0.0548. The van der Waals surface area contributed by atoms with Crippen LogP contribution in [0.1, 0.15) is 34.0 Å². The molecule has 0 aliphatic carbocycles. The van der Waals surface area contributed by atoms with Gasteiger partial charge in [0.05, 0.1) is 0 Å². The van der Waals surface area contributed by atoms with Crippen LogP contribution in [0.2, 0.25) is 0 Å². The minimum Gasteiger partial charge on any atom is -0.481 e. The van der Waals surface area contributed by atoms with E-state index < -0.39 is 18.5 Å². The van der Waals surface area contributed by atoms with Crippen molar-refractivity contribution in [3.8, 4) is 5.75 Å². The van der Waals surface area contributed by atoms with Crippen molar-refractivity contribution in [1.82, 2.24) is 0 Å². The van der Waals surface area contributed by atoms with Crippen LogP contribution in [0, 0.1) is 20.8 Å². The highest BCUT2D eigenvalue weighted by Gasteiger charge is 2.11. The SMILES string of the molecule is CC(=O)c1ccc(NC(=O)COC(=O)COc2c(C)cc(C)cc2C)cc1. The number of hydrogen-bond donors (Lipinski definition) is 1. The number of carbonyl (C=O) groups excluding carboxylic acids is 3. The van der Waals surface area contributed by atoms with Crippen molar-refractivity contribution in [3.05, 3.63) is 58.7 Å². The molecular formula is C21H23NO5. The molecule has 2 rings (SSSR count). The molecule has 0 atom stereocenters. The van der Waals surface area contributed by atoms with Gasteiger partial charge in [-0.25, -0.2) is 4.79 Å². The lowest BCUT2D eigenvalue weighted by Crippen LogP contribution is -2.23. The molecule has 0 aromatic heterocycles. The molecule has 142 valence electrons. The second-order valence-electron chi connectivity index (χ2n) is 6.36. The van der Waals surface area contributed by atoms with Crippen LogP contribution >= 0.6 is 0 Å². The molecule has 0 radical (unpaired) electrons. The Hall–Kier alpha value is -3.15. The van der Waals surface area contributed by atoms with E-state index in [0.717, 1.165) is 16.7 Å². The van der Waals surface area contributed by atoms with Crippen molar-refractivity contribution >= 4 is 23.3 Å². The number of esters is 1. The highest BCUT2D eigenvalue weighted by atomic mass is 16.6. The van der Waals surface area contributed by atoms with E-state index in [1.165, 1.54) is 6.92 Å². The number of carbonyl (C=O) groups is 3. The highest BCUT2D eigenvalue weighted by molar-refractivity contribution is 5.96. The predicted octanol–water partition coefficient (Wildman–Crippen LogP) is 3.38. The van der Waals surface area contributed by atoms with Crippen LogP contribution < -0.4 is 10.1 Å². The quantitative estimate of drug-likeness (QED) is 0.598. The maximum Gasteiger partial charge on any atom is 0.344 e. The molecule has 0 bridgehead atoms. The zero-order chi connectivity index (χ0) is 20.0. The van der Waals surface area contributed by atoms with Crippen molar-refractivity contribution in [2.75, 3.05) is 18.5 Å². The average Bonchev–Trinajstić information content (AvgIpc) is 2.59. The Bertz CT molecular complexity index is 832. The molecule has 0 aliphatic heterocycles. The fourth-order valence-corrected chi connectivity index (χ4v) is 2.70. The third kappa shape index (κ3) is 5.95. The van der Waals surface area contributed by atoms with Crippen molar-refractivity contribution in [1.29, 1.82) is 0 Å². The van der Waals surface area contributed by atoms with Crippen LogP contribution in [0.25, 0.3) is 0 Å². The number of nitrogens with one attached hydrogen (secondary N) is 1.